The average Bonchev–Trinajstić information content (AvgIpc) is 2.91. The number of benzene rings is 2. The van der Waals surface area contributed by atoms with Crippen molar-refractivity contribution in [3.63, 3.8) is 0 Å². The number of rotatable bonds is 8. The van der Waals surface area contributed by atoms with Gasteiger partial charge in [-0.15, -0.1) is 0 Å². The maximum atomic E-state index is 9.12. The van der Waals surface area contributed by atoms with Crippen LogP contribution >= 0.6 is 0 Å². The van der Waals surface area contributed by atoms with Crippen LogP contribution in [0.4, 0.5) is 0 Å². The number of aliphatic hydroxyl groups excluding tert-OH is 2. The zero-order valence-electron chi connectivity index (χ0n) is 22.3. The molecule has 36 heavy (non-hydrogen) atoms. The van der Waals surface area contributed by atoms with Crippen molar-refractivity contribution < 1.29 is 19.7 Å². The molecule has 4 heteroatoms. The summed E-state index contributed by atoms with van der Waals surface area (Å²) >= 11 is 0. The van der Waals surface area contributed by atoms with Crippen LogP contribution in [0.5, 0.6) is 11.5 Å². The van der Waals surface area contributed by atoms with Gasteiger partial charge in [0, 0.05) is 5.41 Å². The molecule has 0 spiro atoms. The maximum Gasteiger partial charge on any atom is 0.119 e. The number of ether oxygens (including phenoxy) is 2. The highest BCUT2D eigenvalue weighted by Crippen LogP contribution is 2.43. The van der Waals surface area contributed by atoms with Gasteiger partial charge in [-0.2, -0.15) is 0 Å². The van der Waals surface area contributed by atoms with Crippen LogP contribution in [0, 0.1) is 0 Å². The molecule has 0 heterocycles. The predicted octanol–water partition coefficient (Wildman–Crippen LogP) is 7.58. The van der Waals surface area contributed by atoms with Crippen molar-refractivity contribution >= 4 is 0 Å². The van der Waals surface area contributed by atoms with Crippen molar-refractivity contribution in [1.82, 2.24) is 0 Å². The van der Waals surface area contributed by atoms with Gasteiger partial charge >= 0.3 is 0 Å². The van der Waals surface area contributed by atoms with E-state index in [4.69, 9.17) is 19.7 Å². The van der Waals surface area contributed by atoms with Gasteiger partial charge in [0.05, 0.1) is 13.2 Å². The van der Waals surface area contributed by atoms with Crippen LogP contribution in [-0.4, -0.2) is 36.6 Å². The van der Waals surface area contributed by atoms with Crippen LogP contribution in [-0.2, 0) is 5.41 Å². The van der Waals surface area contributed by atoms with Crippen molar-refractivity contribution in [3.8, 4) is 11.5 Å². The lowest BCUT2D eigenvalue weighted by atomic mass is 9.68. The molecule has 1 fully saturated rings. The summed E-state index contributed by atoms with van der Waals surface area (Å²) in [6.07, 6.45) is 19.7. The second-order valence-electron chi connectivity index (χ2n) is 10.4. The lowest BCUT2D eigenvalue weighted by Gasteiger charge is -2.36. The fourth-order valence-electron chi connectivity index (χ4n) is 5.73. The number of aliphatic hydroxyl groups is 2. The first-order valence-corrected chi connectivity index (χ1v) is 14.5. The molecule has 2 N–H and O–H groups in total. The first kappa shape index (κ1) is 28.5. The molecular weight excluding hydrogens is 448 g/mol. The molecule has 0 amide bonds. The molecule has 2 aromatic rings. The second kappa shape index (κ2) is 16.7. The minimum absolute atomic E-state index is 0.0242. The van der Waals surface area contributed by atoms with Gasteiger partial charge in [-0.05, 0) is 48.2 Å². The fourth-order valence-corrected chi connectivity index (χ4v) is 5.73. The van der Waals surface area contributed by atoms with E-state index in [9.17, 15) is 0 Å². The molecule has 1 saturated carbocycles. The largest absolute Gasteiger partial charge is 0.491 e. The normalized spacial score (nSPS) is 18.4. The van der Waals surface area contributed by atoms with E-state index in [1.54, 1.807) is 0 Å². The lowest BCUT2D eigenvalue weighted by Crippen LogP contribution is -2.28. The Labute approximate surface area is 219 Å². The van der Waals surface area contributed by atoms with Gasteiger partial charge in [-0.1, -0.05) is 108 Å². The quantitative estimate of drug-likeness (QED) is 0.395. The van der Waals surface area contributed by atoms with E-state index >= 15 is 0 Å². The molecule has 0 radical (unpaired) electrons. The Morgan fingerprint density at radius 3 is 1.08 bits per heavy atom. The van der Waals surface area contributed by atoms with Crippen LogP contribution < -0.4 is 9.47 Å². The summed E-state index contributed by atoms with van der Waals surface area (Å²) in [6.45, 7) is 0.687. The predicted molar refractivity (Wildman–Crippen MR) is 148 cm³/mol. The van der Waals surface area contributed by atoms with Crippen LogP contribution in [0.2, 0.25) is 0 Å². The highest BCUT2D eigenvalue weighted by molar-refractivity contribution is 5.43. The Morgan fingerprint density at radius 1 is 0.472 bits per heavy atom. The number of hydrogen-bond donors (Lipinski definition) is 2. The molecule has 0 aromatic heterocycles. The smallest absolute Gasteiger partial charge is 0.119 e. The van der Waals surface area contributed by atoms with Crippen LogP contribution in [0.3, 0.4) is 0 Å². The third-order valence-electron chi connectivity index (χ3n) is 7.74. The minimum Gasteiger partial charge on any atom is -0.491 e. The van der Waals surface area contributed by atoms with Crippen molar-refractivity contribution in [2.75, 3.05) is 26.4 Å². The summed E-state index contributed by atoms with van der Waals surface area (Å²) < 4.78 is 11.3. The van der Waals surface area contributed by atoms with Gasteiger partial charge in [0.15, 0.2) is 0 Å². The molecule has 2 aromatic carbocycles. The zero-order valence-corrected chi connectivity index (χ0v) is 22.3. The summed E-state index contributed by atoms with van der Waals surface area (Å²) in [4.78, 5) is 0. The Balaban J connectivity index is 1.87. The molecular formula is C32H48O4. The molecule has 1 aliphatic rings. The Kier molecular flexibility index (Phi) is 13.2. The Hall–Kier alpha value is -2.04. The minimum atomic E-state index is -0.0396. The SMILES string of the molecule is OCCOc1ccc(C2(c3ccc(OCCO)cc3)CCCCCCCCCCCCCCC2)cc1. The molecule has 3 rings (SSSR count). The van der Waals surface area contributed by atoms with E-state index in [0.717, 1.165) is 24.3 Å². The van der Waals surface area contributed by atoms with Crippen molar-refractivity contribution in [3.05, 3.63) is 59.7 Å². The van der Waals surface area contributed by atoms with Crippen molar-refractivity contribution in [2.45, 2.75) is 102 Å². The molecule has 200 valence electrons. The van der Waals surface area contributed by atoms with E-state index in [-0.39, 0.29) is 18.6 Å². The Bertz CT molecular complexity index is 746. The van der Waals surface area contributed by atoms with Gasteiger partial charge in [0.25, 0.3) is 0 Å². The van der Waals surface area contributed by atoms with Crippen LogP contribution in [0.25, 0.3) is 0 Å². The Morgan fingerprint density at radius 2 is 0.778 bits per heavy atom. The van der Waals surface area contributed by atoms with Crippen molar-refractivity contribution in [2.24, 2.45) is 0 Å². The zero-order chi connectivity index (χ0) is 25.3. The van der Waals surface area contributed by atoms with E-state index < -0.39 is 0 Å². The third kappa shape index (κ3) is 9.12. The summed E-state index contributed by atoms with van der Waals surface area (Å²) in [7, 11) is 0. The van der Waals surface area contributed by atoms with Gasteiger partial charge in [0.2, 0.25) is 0 Å². The first-order chi connectivity index (χ1) is 17.8. The monoisotopic (exact) mass is 496 g/mol. The van der Waals surface area contributed by atoms with Gasteiger partial charge in [-0.3, -0.25) is 0 Å². The van der Waals surface area contributed by atoms with E-state index in [0.29, 0.717) is 13.2 Å². The number of hydrogen-bond acceptors (Lipinski definition) is 4. The highest BCUT2D eigenvalue weighted by Gasteiger charge is 2.33. The van der Waals surface area contributed by atoms with Gasteiger partial charge < -0.3 is 19.7 Å². The molecule has 4 nitrogen and oxygen atoms in total. The van der Waals surface area contributed by atoms with E-state index in [1.165, 1.54) is 94.6 Å². The topological polar surface area (TPSA) is 58.9 Å². The summed E-state index contributed by atoms with van der Waals surface area (Å²) in [5.41, 5.74) is 2.66. The summed E-state index contributed by atoms with van der Waals surface area (Å²) in [6, 6.07) is 17.2. The van der Waals surface area contributed by atoms with Gasteiger partial charge in [-0.25, -0.2) is 0 Å². The van der Waals surface area contributed by atoms with Crippen LogP contribution in [0.1, 0.15) is 107 Å². The summed E-state index contributed by atoms with van der Waals surface area (Å²) in [5.74, 6) is 1.62. The average molecular weight is 497 g/mol. The highest BCUT2D eigenvalue weighted by atomic mass is 16.5. The summed E-state index contributed by atoms with van der Waals surface area (Å²) in [5, 5.41) is 18.2. The van der Waals surface area contributed by atoms with E-state index in [1.807, 2.05) is 0 Å². The first-order valence-electron chi connectivity index (χ1n) is 14.5. The van der Waals surface area contributed by atoms with Gasteiger partial charge in [0.1, 0.15) is 24.7 Å². The van der Waals surface area contributed by atoms with E-state index in [2.05, 4.69) is 48.5 Å². The van der Waals surface area contributed by atoms with Crippen molar-refractivity contribution in [1.29, 1.82) is 0 Å². The molecule has 0 bridgehead atoms. The molecule has 0 aliphatic heterocycles. The fraction of sp³-hybridized carbons (Fsp3) is 0.625. The second-order valence-corrected chi connectivity index (χ2v) is 10.4. The molecule has 0 atom stereocenters. The van der Waals surface area contributed by atoms with Crippen LogP contribution in [0.15, 0.2) is 48.5 Å². The lowest BCUT2D eigenvalue weighted by molar-refractivity contribution is 0.201. The maximum absolute atomic E-state index is 9.12. The molecule has 0 unspecified atom stereocenters. The molecule has 0 saturated heterocycles. The third-order valence-corrected chi connectivity index (χ3v) is 7.74. The molecule has 1 aliphatic carbocycles. The standard InChI is InChI=1S/C32H48O4/c33-24-26-35-30-18-14-28(15-19-30)32(29-16-20-31(21-17-29)36-27-25-34)22-12-10-8-6-4-2-1-3-5-7-9-11-13-23-32/h14-21,33-34H,1-13,22-27H2.